The van der Waals surface area contributed by atoms with Gasteiger partial charge in [0.05, 0.1) is 19.0 Å². The third-order valence-corrected chi connectivity index (χ3v) is 8.62. The van der Waals surface area contributed by atoms with Gasteiger partial charge >= 0.3 is 5.97 Å². The van der Waals surface area contributed by atoms with E-state index < -0.39 is 30.1 Å². The second-order valence-electron chi connectivity index (χ2n) is 10.1. The first-order valence-electron chi connectivity index (χ1n) is 13.0. The zero-order valence-corrected chi connectivity index (χ0v) is 22.6. The van der Waals surface area contributed by atoms with Crippen LogP contribution in [0.15, 0.2) is 41.4 Å². The summed E-state index contributed by atoms with van der Waals surface area (Å²) in [7, 11) is 1.58. The number of halogens is 4. The van der Waals surface area contributed by atoms with E-state index in [9.17, 15) is 27.5 Å². The van der Waals surface area contributed by atoms with Gasteiger partial charge in [-0.25, -0.2) is 17.6 Å². The summed E-state index contributed by atoms with van der Waals surface area (Å²) in [4.78, 5) is 18.2. The molecule has 1 aliphatic heterocycles. The topological polar surface area (TPSA) is 62.7 Å². The lowest BCUT2D eigenvalue weighted by Gasteiger charge is -2.41. The molecule has 0 spiro atoms. The van der Waals surface area contributed by atoms with Crippen molar-refractivity contribution in [3.05, 3.63) is 65.1 Å². The minimum Gasteiger partial charge on any atom is -0.497 e. The monoisotopic (exact) mass is 564 g/mol. The van der Waals surface area contributed by atoms with Gasteiger partial charge in [0.15, 0.2) is 11.6 Å². The van der Waals surface area contributed by atoms with Crippen LogP contribution in [0.1, 0.15) is 43.2 Å². The normalized spacial score (nSPS) is 15.5. The van der Waals surface area contributed by atoms with Crippen LogP contribution in [0.25, 0.3) is 10.9 Å². The number of rotatable bonds is 12. The van der Waals surface area contributed by atoms with Gasteiger partial charge in [-0.2, -0.15) is 0 Å². The van der Waals surface area contributed by atoms with Crippen LogP contribution >= 0.6 is 11.8 Å². The Kier molecular flexibility index (Phi) is 9.71. The predicted octanol–water partition coefficient (Wildman–Crippen LogP) is 6.80. The second-order valence-corrected chi connectivity index (χ2v) is 11.2. The molecule has 0 aliphatic carbocycles. The number of hydrogen-bond acceptors (Lipinski definition) is 5. The highest BCUT2D eigenvalue weighted by Crippen LogP contribution is 2.40. The molecule has 1 aromatic heterocycles. The number of aromatic nitrogens is 1. The van der Waals surface area contributed by atoms with E-state index in [0.717, 1.165) is 34.3 Å². The Morgan fingerprint density at radius 3 is 2.64 bits per heavy atom. The number of benzene rings is 2. The molecule has 0 bridgehead atoms. The summed E-state index contributed by atoms with van der Waals surface area (Å²) in [5, 5.41) is 10.5. The van der Waals surface area contributed by atoms with Crippen molar-refractivity contribution >= 4 is 28.6 Å². The highest BCUT2D eigenvalue weighted by Gasteiger charge is 2.36. The first-order chi connectivity index (χ1) is 18.7. The number of thioether (sulfide) groups is 1. The minimum absolute atomic E-state index is 0.0568. The van der Waals surface area contributed by atoms with Gasteiger partial charge in [0, 0.05) is 40.4 Å². The number of carboxylic acids is 1. The summed E-state index contributed by atoms with van der Waals surface area (Å²) in [5.74, 6) is -2.78. The van der Waals surface area contributed by atoms with Gasteiger partial charge in [-0.3, -0.25) is 9.78 Å². The quantitative estimate of drug-likeness (QED) is 0.148. The average Bonchev–Trinajstić information content (AvgIpc) is 2.91. The van der Waals surface area contributed by atoms with Gasteiger partial charge in [-0.15, -0.1) is 11.8 Å². The Hall–Kier alpha value is -2.85. The van der Waals surface area contributed by atoms with Crippen molar-refractivity contribution in [3.8, 4) is 5.75 Å². The van der Waals surface area contributed by atoms with E-state index in [-0.39, 0.29) is 16.7 Å². The number of likely N-dealkylation sites (tertiary alicyclic amines) is 1. The summed E-state index contributed by atoms with van der Waals surface area (Å²) < 4.78 is 60.0. The molecule has 0 atom stereocenters. The van der Waals surface area contributed by atoms with E-state index >= 15 is 0 Å². The molecule has 1 fully saturated rings. The number of fused-ring (bicyclic) bond motifs is 1. The molecule has 39 heavy (non-hydrogen) atoms. The third kappa shape index (κ3) is 7.22. The standard InChI is InChI=1S/C29H32F4N2O3S/c1-38-21-4-5-25-23(15-21)22(19(17-30)18-34-25)3-2-6-29(16-27(36)37)7-9-35(10-8-29)11-12-39-26-14-20(31)13-24(32)28(26)33/h4-5,13-15,18H,2-3,6-12,16-17H2,1H3,(H,36,37). The Morgan fingerprint density at radius 2 is 1.95 bits per heavy atom. The van der Waals surface area contributed by atoms with E-state index in [4.69, 9.17) is 4.74 Å². The van der Waals surface area contributed by atoms with Crippen molar-refractivity contribution in [2.24, 2.45) is 5.41 Å². The SMILES string of the molecule is COc1ccc2ncc(CF)c(CCCC3(CC(=O)O)CCN(CCSc4cc(F)cc(F)c4F)CC3)c2c1. The summed E-state index contributed by atoms with van der Waals surface area (Å²) in [6.07, 6.45) is 5.00. The average molecular weight is 565 g/mol. The Labute approximate surface area is 229 Å². The minimum atomic E-state index is -1.20. The fraction of sp³-hybridized carbons (Fsp3) is 0.448. The molecule has 1 aliphatic rings. The van der Waals surface area contributed by atoms with Crippen molar-refractivity contribution in [2.45, 2.75) is 50.1 Å². The molecular weight excluding hydrogens is 532 g/mol. The fourth-order valence-corrected chi connectivity index (χ4v) is 6.44. The van der Waals surface area contributed by atoms with Crippen LogP contribution in [0.4, 0.5) is 17.6 Å². The van der Waals surface area contributed by atoms with Crippen molar-refractivity contribution in [3.63, 3.8) is 0 Å². The molecular formula is C29H32F4N2O3S. The van der Waals surface area contributed by atoms with E-state index in [2.05, 4.69) is 9.88 Å². The third-order valence-electron chi connectivity index (χ3n) is 7.62. The van der Waals surface area contributed by atoms with Crippen LogP contribution < -0.4 is 4.74 Å². The van der Waals surface area contributed by atoms with E-state index in [1.165, 1.54) is 0 Å². The molecule has 4 rings (SSSR count). The van der Waals surface area contributed by atoms with Gasteiger partial charge in [0.1, 0.15) is 18.2 Å². The van der Waals surface area contributed by atoms with Crippen molar-refractivity contribution < 1.29 is 32.2 Å². The fourth-order valence-electron chi connectivity index (χ4n) is 5.45. The van der Waals surface area contributed by atoms with Crippen molar-refractivity contribution in [2.75, 3.05) is 32.5 Å². The Bertz CT molecular complexity index is 1310. The lowest BCUT2D eigenvalue weighted by Crippen LogP contribution is -2.42. The number of aliphatic carboxylic acids is 1. The zero-order chi connectivity index (χ0) is 28.0. The molecule has 2 heterocycles. The number of pyridine rings is 1. The lowest BCUT2D eigenvalue weighted by atomic mass is 9.72. The summed E-state index contributed by atoms with van der Waals surface area (Å²) in [6, 6.07) is 7.05. The first-order valence-corrected chi connectivity index (χ1v) is 13.9. The van der Waals surface area contributed by atoms with Crippen LogP contribution in [0.2, 0.25) is 0 Å². The molecule has 2 aromatic carbocycles. The number of piperidine rings is 1. The maximum Gasteiger partial charge on any atom is 0.303 e. The van der Waals surface area contributed by atoms with E-state index in [1.54, 1.807) is 13.3 Å². The Morgan fingerprint density at radius 1 is 1.18 bits per heavy atom. The zero-order valence-electron chi connectivity index (χ0n) is 21.8. The van der Waals surface area contributed by atoms with Gasteiger partial charge in [-0.1, -0.05) is 0 Å². The number of nitrogens with zero attached hydrogens (tertiary/aromatic N) is 2. The van der Waals surface area contributed by atoms with E-state index in [0.29, 0.717) is 74.9 Å². The highest BCUT2D eigenvalue weighted by molar-refractivity contribution is 7.99. The number of carbonyl (C=O) groups is 1. The van der Waals surface area contributed by atoms with Gasteiger partial charge in [0.2, 0.25) is 0 Å². The molecule has 1 saturated heterocycles. The van der Waals surface area contributed by atoms with Crippen molar-refractivity contribution in [1.82, 2.24) is 9.88 Å². The maximum absolute atomic E-state index is 13.9. The molecule has 0 unspecified atom stereocenters. The summed E-state index contributed by atoms with van der Waals surface area (Å²) in [5.41, 5.74) is 1.80. The number of aryl methyl sites for hydroxylation is 1. The van der Waals surface area contributed by atoms with Gasteiger partial charge < -0.3 is 14.7 Å². The Balaban J connectivity index is 1.37. The lowest BCUT2D eigenvalue weighted by molar-refractivity contribution is -0.140. The van der Waals surface area contributed by atoms with Crippen LogP contribution in [-0.2, 0) is 17.9 Å². The first kappa shape index (κ1) is 29.1. The maximum atomic E-state index is 13.9. The van der Waals surface area contributed by atoms with Crippen molar-refractivity contribution in [1.29, 1.82) is 0 Å². The summed E-state index contributed by atoms with van der Waals surface area (Å²) in [6.45, 7) is 1.32. The molecule has 5 nitrogen and oxygen atoms in total. The molecule has 210 valence electrons. The number of methoxy groups -OCH3 is 1. The molecule has 0 radical (unpaired) electrons. The molecule has 3 aromatic rings. The van der Waals surface area contributed by atoms with Crippen LogP contribution in [-0.4, -0.2) is 53.5 Å². The van der Waals surface area contributed by atoms with Gasteiger partial charge in [0.25, 0.3) is 0 Å². The smallest absolute Gasteiger partial charge is 0.303 e. The number of alkyl halides is 1. The number of hydrogen-bond donors (Lipinski definition) is 1. The van der Waals surface area contributed by atoms with Crippen LogP contribution in [0.5, 0.6) is 5.75 Å². The van der Waals surface area contributed by atoms with Gasteiger partial charge in [-0.05, 0) is 80.4 Å². The van der Waals surface area contributed by atoms with Crippen LogP contribution in [0, 0.1) is 22.9 Å². The molecule has 0 amide bonds. The number of carboxylic acid groups (broad SMARTS) is 1. The predicted molar refractivity (Wildman–Crippen MR) is 143 cm³/mol. The molecule has 0 saturated carbocycles. The largest absolute Gasteiger partial charge is 0.497 e. The molecule has 10 heteroatoms. The second kappa shape index (κ2) is 13.0. The van der Waals surface area contributed by atoms with E-state index in [1.807, 2.05) is 18.2 Å². The summed E-state index contributed by atoms with van der Waals surface area (Å²) >= 11 is 1.06. The number of ether oxygens (including phenoxy) is 1. The highest BCUT2D eigenvalue weighted by atomic mass is 32.2. The molecule has 1 N–H and O–H groups in total. The van der Waals surface area contributed by atoms with Crippen LogP contribution in [0.3, 0.4) is 0 Å².